The summed E-state index contributed by atoms with van der Waals surface area (Å²) in [4.78, 5) is 11.9. The summed E-state index contributed by atoms with van der Waals surface area (Å²) in [7, 11) is 0. The van der Waals surface area contributed by atoms with Crippen molar-refractivity contribution in [2.45, 2.75) is 40.2 Å². The van der Waals surface area contributed by atoms with Gasteiger partial charge in [0.25, 0.3) is 0 Å². The second-order valence-corrected chi connectivity index (χ2v) is 5.87. The first kappa shape index (κ1) is 18.2. The minimum absolute atomic E-state index is 0.314. The quantitative estimate of drug-likeness (QED) is 0.617. The molecule has 1 atom stereocenters. The molecule has 3 nitrogen and oxygen atoms in total. The fourth-order valence-electron chi connectivity index (χ4n) is 2.13. The number of ether oxygens (including phenoxy) is 1. The average molecular weight is 302 g/mol. The van der Waals surface area contributed by atoms with Crippen LogP contribution in [-0.2, 0) is 16.0 Å². The lowest BCUT2D eigenvalue weighted by Gasteiger charge is -2.28. The van der Waals surface area contributed by atoms with E-state index in [9.17, 15) is 9.90 Å². The molecule has 120 valence electrons. The molecule has 0 bridgehead atoms. The zero-order valence-electron chi connectivity index (χ0n) is 13.9. The number of allylic oxidation sites excluding steroid dienone is 3. The maximum atomic E-state index is 11.9. The van der Waals surface area contributed by atoms with Gasteiger partial charge in [-0.3, -0.25) is 4.79 Å². The molecule has 1 aromatic carbocycles. The molecule has 0 saturated carbocycles. The Hall–Kier alpha value is -1.87. The van der Waals surface area contributed by atoms with E-state index >= 15 is 0 Å². The van der Waals surface area contributed by atoms with Crippen LogP contribution >= 0.6 is 0 Å². The Morgan fingerprint density at radius 2 is 1.95 bits per heavy atom. The van der Waals surface area contributed by atoms with E-state index in [-0.39, 0.29) is 5.97 Å². The maximum absolute atomic E-state index is 11.9. The minimum Gasteiger partial charge on any atom is -0.465 e. The van der Waals surface area contributed by atoms with Gasteiger partial charge in [0.15, 0.2) is 0 Å². The highest BCUT2D eigenvalue weighted by atomic mass is 16.5. The number of hydrogen-bond donors (Lipinski definition) is 1. The van der Waals surface area contributed by atoms with E-state index in [1.54, 1.807) is 20.8 Å². The summed E-state index contributed by atoms with van der Waals surface area (Å²) in [5.74, 6) is -0.386. The van der Waals surface area contributed by atoms with Crippen LogP contribution in [0, 0.1) is 5.41 Å². The average Bonchev–Trinajstić information content (AvgIpc) is 2.51. The van der Waals surface area contributed by atoms with Crippen molar-refractivity contribution in [3.8, 4) is 0 Å². The van der Waals surface area contributed by atoms with Crippen molar-refractivity contribution >= 4 is 5.97 Å². The third kappa shape index (κ3) is 5.15. The number of aliphatic hydroxyl groups is 1. The summed E-state index contributed by atoms with van der Waals surface area (Å²) >= 11 is 0. The molecule has 1 unspecified atom stereocenters. The van der Waals surface area contributed by atoms with Crippen molar-refractivity contribution in [1.82, 2.24) is 0 Å². The Morgan fingerprint density at radius 3 is 2.55 bits per heavy atom. The second kappa shape index (κ2) is 8.54. The molecule has 0 heterocycles. The molecule has 1 aromatic rings. The standard InChI is InChI=1S/C19H26O3/c1-5-22-18(21)19(3,4)17(20)15(2)11-9-10-14-16-12-7-6-8-13-16/h6-13,17,20H,5,14H2,1-4H3/b10-9+,15-11+. The first-order chi connectivity index (χ1) is 10.4. The van der Waals surface area contributed by atoms with Gasteiger partial charge in [-0.1, -0.05) is 48.6 Å². The molecule has 0 aliphatic carbocycles. The normalized spacial score (nSPS) is 14.1. The van der Waals surface area contributed by atoms with Crippen LogP contribution in [0.3, 0.4) is 0 Å². The van der Waals surface area contributed by atoms with Crippen LogP contribution in [0.4, 0.5) is 0 Å². The van der Waals surface area contributed by atoms with Gasteiger partial charge >= 0.3 is 5.97 Å². The van der Waals surface area contributed by atoms with Crippen LogP contribution in [0.2, 0.25) is 0 Å². The first-order valence-corrected chi connectivity index (χ1v) is 7.62. The highest BCUT2D eigenvalue weighted by Crippen LogP contribution is 2.27. The predicted octanol–water partition coefficient (Wildman–Crippen LogP) is 3.68. The van der Waals surface area contributed by atoms with Gasteiger partial charge in [-0.2, -0.15) is 0 Å². The van der Waals surface area contributed by atoms with E-state index < -0.39 is 11.5 Å². The van der Waals surface area contributed by atoms with Crippen LogP contribution in [0.15, 0.2) is 54.1 Å². The van der Waals surface area contributed by atoms with E-state index in [1.165, 1.54) is 5.56 Å². The zero-order chi connectivity index (χ0) is 16.6. The zero-order valence-corrected chi connectivity index (χ0v) is 13.9. The third-order valence-electron chi connectivity index (χ3n) is 3.61. The molecule has 0 saturated heterocycles. The molecule has 22 heavy (non-hydrogen) atoms. The number of hydrogen-bond acceptors (Lipinski definition) is 3. The fourth-order valence-corrected chi connectivity index (χ4v) is 2.13. The SMILES string of the molecule is CCOC(=O)C(C)(C)C(O)/C(C)=C/C=C/Cc1ccccc1. The molecule has 1 rings (SSSR count). The summed E-state index contributed by atoms with van der Waals surface area (Å²) in [5, 5.41) is 10.4. The van der Waals surface area contributed by atoms with Crippen LogP contribution < -0.4 is 0 Å². The number of esters is 1. The molecule has 0 aliphatic rings. The molecule has 0 aliphatic heterocycles. The smallest absolute Gasteiger partial charge is 0.314 e. The lowest BCUT2D eigenvalue weighted by molar-refractivity contribution is -0.158. The Morgan fingerprint density at radius 1 is 1.32 bits per heavy atom. The Kier molecular flexibility index (Phi) is 7.06. The van der Waals surface area contributed by atoms with E-state index in [2.05, 4.69) is 12.1 Å². The van der Waals surface area contributed by atoms with Gasteiger partial charge in [0.1, 0.15) is 0 Å². The summed E-state index contributed by atoms with van der Waals surface area (Å²) < 4.78 is 5.02. The maximum Gasteiger partial charge on any atom is 0.314 e. The van der Waals surface area contributed by atoms with E-state index in [4.69, 9.17) is 4.74 Å². The fraction of sp³-hybridized carbons (Fsp3) is 0.421. The molecule has 0 fully saturated rings. The monoisotopic (exact) mass is 302 g/mol. The van der Waals surface area contributed by atoms with Crippen molar-refractivity contribution in [3.63, 3.8) is 0 Å². The van der Waals surface area contributed by atoms with Gasteiger partial charge in [-0.15, -0.1) is 0 Å². The number of rotatable bonds is 7. The molecule has 1 N–H and O–H groups in total. The van der Waals surface area contributed by atoms with Crippen molar-refractivity contribution in [1.29, 1.82) is 0 Å². The van der Waals surface area contributed by atoms with Crippen LogP contribution in [0.1, 0.15) is 33.3 Å². The topological polar surface area (TPSA) is 46.5 Å². The van der Waals surface area contributed by atoms with Crippen LogP contribution in [0.5, 0.6) is 0 Å². The Balaban J connectivity index is 2.65. The second-order valence-electron chi connectivity index (χ2n) is 5.87. The van der Waals surface area contributed by atoms with Gasteiger partial charge in [0.05, 0.1) is 18.1 Å². The molecule has 0 spiro atoms. The van der Waals surface area contributed by atoms with Crippen LogP contribution in [0.25, 0.3) is 0 Å². The Bertz CT molecular complexity index is 527. The van der Waals surface area contributed by atoms with E-state index in [0.29, 0.717) is 6.61 Å². The lowest BCUT2D eigenvalue weighted by Crippen LogP contribution is -2.39. The first-order valence-electron chi connectivity index (χ1n) is 7.62. The highest BCUT2D eigenvalue weighted by Gasteiger charge is 2.37. The molecule has 0 amide bonds. The van der Waals surface area contributed by atoms with Gasteiger partial charge in [-0.25, -0.2) is 0 Å². The molecule has 3 heteroatoms. The Labute approximate surface area is 133 Å². The van der Waals surface area contributed by atoms with Gasteiger partial charge < -0.3 is 9.84 Å². The van der Waals surface area contributed by atoms with Crippen molar-refractivity contribution < 1.29 is 14.6 Å². The summed E-state index contributed by atoms with van der Waals surface area (Å²) in [6.45, 7) is 7.28. The molecular formula is C19H26O3. The lowest BCUT2D eigenvalue weighted by atomic mass is 9.82. The highest BCUT2D eigenvalue weighted by molar-refractivity contribution is 5.77. The van der Waals surface area contributed by atoms with Gasteiger partial charge in [0.2, 0.25) is 0 Å². The number of carbonyl (C=O) groups is 1. The van der Waals surface area contributed by atoms with Crippen molar-refractivity contribution in [2.75, 3.05) is 6.61 Å². The predicted molar refractivity (Wildman–Crippen MR) is 89.5 cm³/mol. The van der Waals surface area contributed by atoms with Crippen LogP contribution in [-0.4, -0.2) is 23.8 Å². The number of aliphatic hydroxyl groups excluding tert-OH is 1. The number of benzene rings is 1. The van der Waals surface area contributed by atoms with Crippen molar-refractivity contribution in [3.05, 3.63) is 59.7 Å². The van der Waals surface area contributed by atoms with Gasteiger partial charge in [-0.05, 0) is 45.3 Å². The van der Waals surface area contributed by atoms with E-state index in [0.717, 1.165) is 12.0 Å². The molecule has 0 radical (unpaired) electrons. The number of carbonyl (C=O) groups excluding carboxylic acids is 1. The minimum atomic E-state index is -0.955. The van der Waals surface area contributed by atoms with Gasteiger partial charge in [0, 0.05) is 0 Å². The third-order valence-corrected chi connectivity index (χ3v) is 3.61. The molecule has 0 aromatic heterocycles. The largest absolute Gasteiger partial charge is 0.465 e. The van der Waals surface area contributed by atoms with Crippen molar-refractivity contribution in [2.24, 2.45) is 5.41 Å². The summed E-state index contributed by atoms with van der Waals surface area (Å²) in [6.07, 6.45) is 5.75. The summed E-state index contributed by atoms with van der Waals surface area (Å²) in [5.41, 5.74) is 1.02. The summed E-state index contributed by atoms with van der Waals surface area (Å²) in [6, 6.07) is 10.1. The molecular weight excluding hydrogens is 276 g/mol. The van der Waals surface area contributed by atoms with E-state index in [1.807, 2.05) is 43.4 Å².